The average Bonchev–Trinajstić information content (AvgIpc) is 2.66. The second-order valence-electron chi connectivity index (χ2n) is 6.03. The Balaban J connectivity index is 1.71. The van der Waals surface area contributed by atoms with Crippen molar-refractivity contribution in [3.8, 4) is 5.75 Å². The van der Waals surface area contributed by atoms with Gasteiger partial charge < -0.3 is 10.1 Å². The van der Waals surface area contributed by atoms with Gasteiger partial charge in [-0.15, -0.1) is 0 Å². The molecular formula is C21H26N2O2S. The number of nitrogens with one attached hydrogen (secondary N) is 2. The molecule has 0 unspecified atom stereocenters. The molecule has 26 heavy (non-hydrogen) atoms. The molecule has 0 radical (unpaired) electrons. The molecule has 0 spiro atoms. The van der Waals surface area contributed by atoms with E-state index in [1.54, 1.807) is 12.1 Å². The van der Waals surface area contributed by atoms with Gasteiger partial charge in [-0.05, 0) is 54.9 Å². The summed E-state index contributed by atoms with van der Waals surface area (Å²) in [5, 5.41) is 6.10. The lowest BCUT2D eigenvalue weighted by Gasteiger charge is -2.10. The molecule has 0 fully saturated rings. The minimum Gasteiger partial charge on any atom is -0.494 e. The van der Waals surface area contributed by atoms with E-state index in [2.05, 4.69) is 29.7 Å². The zero-order valence-electron chi connectivity index (χ0n) is 15.2. The largest absolute Gasteiger partial charge is 0.494 e. The van der Waals surface area contributed by atoms with Gasteiger partial charge in [-0.3, -0.25) is 10.1 Å². The van der Waals surface area contributed by atoms with Gasteiger partial charge in [-0.2, -0.15) is 0 Å². The molecule has 2 aromatic rings. The van der Waals surface area contributed by atoms with Gasteiger partial charge in [0.25, 0.3) is 5.91 Å². The number of ether oxygens (including phenoxy) is 1. The molecule has 0 heterocycles. The van der Waals surface area contributed by atoms with Crippen LogP contribution in [-0.4, -0.2) is 24.2 Å². The molecule has 4 nitrogen and oxygen atoms in total. The highest BCUT2D eigenvalue weighted by Gasteiger charge is 2.07. The van der Waals surface area contributed by atoms with E-state index in [0.29, 0.717) is 23.8 Å². The lowest BCUT2D eigenvalue weighted by atomic mass is 10.1. The highest BCUT2D eigenvalue weighted by Crippen LogP contribution is 2.13. The van der Waals surface area contributed by atoms with Crippen LogP contribution < -0.4 is 15.4 Å². The van der Waals surface area contributed by atoms with Crippen LogP contribution in [0.5, 0.6) is 5.75 Å². The zero-order chi connectivity index (χ0) is 18.6. The third-order valence-corrected chi connectivity index (χ3v) is 4.15. The Hall–Kier alpha value is -2.40. The van der Waals surface area contributed by atoms with Gasteiger partial charge in [0.1, 0.15) is 5.75 Å². The van der Waals surface area contributed by atoms with Crippen LogP contribution in [0.4, 0.5) is 0 Å². The van der Waals surface area contributed by atoms with Crippen LogP contribution in [0.2, 0.25) is 0 Å². The number of carbonyl (C=O) groups is 1. The first-order valence-corrected chi connectivity index (χ1v) is 9.46. The average molecular weight is 371 g/mol. The van der Waals surface area contributed by atoms with Crippen LogP contribution in [0, 0.1) is 0 Å². The molecule has 5 heteroatoms. The normalized spacial score (nSPS) is 10.2. The summed E-state index contributed by atoms with van der Waals surface area (Å²) >= 11 is 5.19. The van der Waals surface area contributed by atoms with Crippen molar-refractivity contribution in [2.75, 3.05) is 13.2 Å². The van der Waals surface area contributed by atoms with Gasteiger partial charge in [0, 0.05) is 12.1 Å². The fourth-order valence-electron chi connectivity index (χ4n) is 2.43. The maximum Gasteiger partial charge on any atom is 0.257 e. The summed E-state index contributed by atoms with van der Waals surface area (Å²) in [5.74, 6) is 0.556. The minimum absolute atomic E-state index is 0.222. The van der Waals surface area contributed by atoms with Crippen LogP contribution in [0.1, 0.15) is 42.1 Å². The molecular weight excluding hydrogens is 344 g/mol. The topological polar surface area (TPSA) is 50.4 Å². The third kappa shape index (κ3) is 7.23. The number of carbonyl (C=O) groups excluding carboxylic acids is 1. The standard InChI is InChI=1S/C21H26N2O2S/c1-2-3-7-16-25-19-12-10-18(11-13-19)20(24)23-21(26)22-15-14-17-8-5-4-6-9-17/h4-6,8-13H,2-3,7,14-16H2,1H3,(H2,22,23,24,26). The van der Waals surface area contributed by atoms with E-state index in [4.69, 9.17) is 17.0 Å². The first-order chi connectivity index (χ1) is 12.7. The lowest BCUT2D eigenvalue weighted by Crippen LogP contribution is -2.40. The van der Waals surface area contributed by atoms with E-state index in [1.807, 2.05) is 30.3 Å². The second-order valence-corrected chi connectivity index (χ2v) is 6.43. The first kappa shape index (κ1) is 19.9. The number of unbranched alkanes of at least 4 members (excludes halogenated alkanes) is 2. The zero-order valence-corrected chi connectivity index (χ0v) is 16.0. The molecule has 0 aliphatic heterocycles. The molecule has 2 aromatic carbocycles. The van der Waals surface area contributed by atoms with Gasteiger partial charge in [-0.25, -0.2) is 0 Å². The summed E-state index contributed by atoms with van der Waals surface area (Å²) in [4.78, 5) is 12.2. The maximum absolute atomic E-state index is 12.2. The SMILES string of the molecule is CCCCCOc1ccc(C(=O)NC(=S)NCCc2ccccc2)cc1. The fraction of sp³-hybridized carbons (Fsp3) is 0.333. The van der Waals surface area contributed by atoms with Crippen molar-refractivity contribution in [1.82, 2.24) is 10.6 Å². The predicted octanol–water partition coefficient (Wildman–Crippen LogP) is 4.10. The quantitative estimate of drug-likeness (QED) is 0.515. The second kappa shape index (κ2) is 11.3. The van der Waals surface area contributed by atoms with Crippen LogP contribution in [0.25, 0.3) is 0 Å². The van der Waals surface area contributed by atoms with Gasteiger partial charge in [0.05, 0.1) is 6.61 Å². The molecule has 0 aliphatic rings. The summed E-state index contributed by atoms with van der Waals surface area (Å²) in [7, 11) is 0. The smallest absolute Gasteiger partial charge is 0.257 e. The first-order valence-electron chi connectivity index (χ1n) is 9.05. The molecule has 2 rings (SSSR count). The monoisotopic (exact) mass is 370 g/mol. The number of hydrogen-bond donors (Lipinski definition) is 2. The number of hydrogen-bond acceptors (Lipinski definition) is 3. The summed E-state index contributed by atoms with van der Waals surface area (Å²) in [6.45, 7) is 3.54. The summed E-state index contributed by atoms with van der Waals surface area (Å²) in [5.41, 5.74) is 1.78. The van der Waals surface area contributed by atoms with Crippen molar-refractivity contribution >= 4 is 23.2 Å². The summed E-state index contributed by atoms with van der Waals surface area (Å²) < 4.78 is 5.65. The van der Waals surface area contributed by atoms with Gasteiger partial charge in [0.2, 0.25) is 0 Å². The van der Waals surface area contributed by atoms with E-state index < -0.39 is 0 Å². The highest BCUT2D eigenvalue weighted by molar-refractivity contribution is 7.80. The Labute approximate surface area is 161 Å². The molecule has 0 aliphatic carbocycles. The predicted molar refractivity (Wildman–Crippen MR) is 110 cm³/mol. The lowest BCUT2D eigenvalue weighted by molar-refractivity contribution is 0.0976. The van der Waals surface area contributed by atoms with E-state index in [9.17, 15) is 4.79 Å². The molecule has 138 valence electrons. The molecule has 0 saturated heterocycles. The number of rotatable bonds is 9. The Morgan fingerprint density at radius 2 is 1.77 bits per heavy atom. The fourth-order valence-corrected chi connectivity index (χ4v) is 2.62. The van der Waals surface area contributed by atoms with Crippen LogP contribution >= 0.6 is 12.2 Å². The number of thiocarbonyl (C=S) groups is 1. The van der Waals surface area contributed by atoms with Crippen molar-refractivity contribution in [2.24, 2.45) is 0 Å². The van der Waals surface area contributed by atoms with Gasteiger partial charge >= 0.3 is 0 Å². The van der Waals surface area contributed by atoms with Crippen molar-refractivity contribution < 1.29 is 9.53 Å². The summed E-state index contributed by atoms with van der Waals surface area (Å²) in [6, 6.07) is 17.3. The summed E-state index contributed by atoms with van der Waals surface area (Å²) in [6.07, 6.45) is 4.22. The molecule has 0 aromatic heterocycles. The molecule has 0 bridgehead atoms. The van der Waals surface area contributed by atoms with Crippen molar-refractivity contribution in [3.63, 3.8) is 0 Å². The van der Waals surface area contributed by atoms with Crippen molar-refractivity contribution in [1.29, 1.82) is 0 Å². The van der Waals surface area contributed by atoms with Crippen LogP contribution in [-0.2, 0) is 6.42 Å². The Kier molecular flexibility index (Phi) is 8.63. The van der Waals surface area contributed by atoms with E-state index in [1.165, 1.54) is 12.0 Å². The highest BCUT2D eigenvalue weighted by atomic mass is 32.1. The van der Waals surface area contributed by atoms with Gasteiger partial charge in [-0.1, -0.05) is 50.1 Å². The minimum atomic E-state index is -0.222. The van der Waals surface area contributed by atoms with E-state index in [-0.39, 0.29) is 5.91 Å². The van der Waals surface area contributed by atoms with Crippen molar-refractivity contribution in [3.05, 3.63) is 65.7 Å². The van der Waals surface area contributed by atoms with E-state index >= 15 is 0 Å². The van der Waals surface area contributed by atoms with Gasteiger partial charge in [0.15, 0.2) is 5.11 Å². The Bertz CT molecular complexity index is 687. The third-order valence-electron chi connectivity index (χ3n) is 3.90. The molecule has 1 amide bonds. The van der Waals surface area contributed by atoms with Crippen LogP contribution in [0.15, 0.2) is 54.6 Å². The Morgan fingerprint density at radius 1 is 1.04 bits per heavy atom. The van der Waals surface area contributed by atoms with Crippen molar-refractivity contribution in [2.45, 2.75) is 32.6 Å². The van der Waals surface area contributed by atoms with Crippen LogP contribution in [0.3, 0.4) is 0 Å². The molecule has 2 N–H and O–H groups in total. The molecule has 0 saturated carbocycles. The number of benzene rings is 2. The Morgan fingerprint density at radius 3 is 2.46 bits per heavy atom. The maximum atomic E-state index is 12.2. The number of amides is 1. The molecule has 0 atom stereocenters. The van der Waals surface area contributed by atoms with E-state index in [0.717, 1.165) is 25.0 Å².